The van der Waals surface area contributed by atoms with Crippen LogP contribution in [0.1, 0.15) is 0 Å². The fourth-order valence-electron chi connectivity index (χ4n) is 1.68. The van der Waals surface area contributed by atoms with E-state index in [1.165, 1.54) is 0 Å². The van der Waals surface area contributed by atoms with E-state index in [2.05, 4.69) is 69.5 Å². The topological polar surface area (TPSA) is 25.8 Å². The number of rotatable bonds is 0. The first-order valence-corrected chi connectivity index (χ1v) is 24.4. The van der Waals surface area contributed by atoms with Gasteiger partial charge < -0.3 is 0 Å². The Balaban J connectivity index is 0.000000232. The van der Waals surface area contributed by atoms with Crippen molar-refractivity contribution in [2.75, 3.05) is 0 Å². The van der Waals surface area contributed by atoms with Gasteiger partial charge in [-0.25, -0.2) is 0 Å². The van der Waals surface area contributed by atoms with E-state index in [1.54, 1.807) is 12.4 Å². The Morgan fingerprint density at radius 2 is 1.16 bits per heavy atom. The third-order valence-electron chi connectivity index (χ3n) is 2.34. The monoisotopic (exact) mass is 488 g/mol. The summed E-state index contributed by atoms with van der Waals surface area (Å²) in [6.07, 6.45) is 3.60. The largest absolute Gasteiger partial charge is 0.254 e. The zero-order valence-corrected chi connectivity index (χ0v) is 16.8. The molecule has 2 heterocycles. The first-order valence-electron chi connectivity index (χ1n) is 5.91. The van der Waals surface area contributed by atoms with Crippen molar-refractivity contribution in [2.45, 2.75) is 9.88 Å². The second-order valence-corrected chi connectivity index (χ2v) is 45.9. The second-order valence-electron chi connectivity index (χ2n) is 4.54. The summed E-state index contributed by atoms with van der Waals surface area (Å²) in [7, 11) is 0. The van der Waals surface area contributed by atoms with Crippen LogP contribution in [0.4, 0.5) is 0 Å². The van der Waals surface area contributed by atoms with Crippen LogP contribution in [-0.4, -0.2) is 23.9 Å². The minimum Gasteiger partial charge on any atom is -0.254 e. The summed E-state index contributed by atoms with van der Waals surface area (Å²) in [4.78, 5) is 13.2. The smallest absolute Gasteiger partial charge is 0.0964 e. The zero-order valence-electron chi connectivity index (χ0n) is 10.8. The zero-order chi connectivity index (χ0) is 13.9. The van der Waals surface area contributed by atoms with Crippen molar-refractivity contribution in [2.24, 2.45) is 0 Å². The summed E-state index contributed by atoms with van der Waals surface area (Å²) in [6, 6.07) is 12.1. The molecule has 98 valence electrons. The van der Waals surface area contributed by atoms with Crippen LogP contribution in [0.25, 0.3) is 21.8 Å². The van der Waals surface area contributed by atoms with Gasteiger partial charge >= 0.3 is 49.2 Å². The fourth-order valence-corrected chi connectivity index (χ4v) is 1.68. The Kier molecular flexibility index (Phi) is 5.20. The molecule has 0 radical (unpaired) electrons. The van der Waals surface area contributed by atoms with Crippen molar-refractivity contribution in [3.05, 3.63) is 48.8 Å². The standard InChI is InChI=1S/C12H8N2.2CH3.2BrH.Sn/c1-3-9-5-6-10-4-2-8-14-12(10)11(9)13-7-1;;;;;/h1-8H;2*1H3;2*1H;/q;;;;;+2/p-2. The summed E-state index contributed by atoms with van der Waals surface area (Å²) in [5, 5.41) is 2.28. The van der Waals surface area contributed by atoms with Crippen molar-refractivity contribution in [3.63, 3.8) is 0 Å². The van der Waals surface area contributed by atoms with Crippen molar-refractivity contribution >= 4 is 61.1 Å². The van der Waals surface area contributed by atoms with Crippen LogP contribution < -0.4 is 0 Å². The Morgan fingerprint density at radius 1 is 0.789 bits per heavy atom. The Bertz CT molecular complexity index is 635. The number of fused-ring (bicyclic) bond motifs is 3. The van der Waals surface area contributed by atoms with Gasteiger partial charge in [-0.05, 0) is 12.1 Å². The van der Waals surface area contributed by atoms with Gasteiger partial charge in [0.1, 0.15) is 0 Å². The Morgan fingerprint density at radius 3 is 1.53 bits per heavy atom. The quantitative estimate of drug-likeness (QED) is 0.319. The predicted molar refractivity (Wildman–Crippen MR) is 92.4 cm³/mol. The second kappa shape index (κ2) is 6.50. The van der Waals surface area contributed by atoms with E-state index in [0.29, 0.717) is 0 Å². The third-order valence-corrected chi connectivity index (χ3v) is 2.34. The van der Waals surface area contributed by atoms with Crippen molar-refractivity contribution in [1.82, 2.24) is 9.97 Å². The van der Waals surface area contributed by atoms with E-state index >= 15 is 0 Å². The van der Waals surface area contributed by atoms with E-state index in [1.807, 2.05) is 12.1 Å². The number of hydrogen-bond acceptors (Lipinski definition) is 2. The minimum atomic E-state index is -1.55. The summed E-state index contributed by atoms with van der Waals surface area (Å²) in [5.74, 6) is 0. The molecule has 0 amide bonds. The van der Waals surface area contributed by atoms with Gasteiger partial charge in [0.15, 0.2) is 0 Å². The molecule has 0 aliphatic carbocycles. The van der Waals surface area contributed by atoms with Crippen molar-refractivity contribution in [3.8, 4) is 0 Å². The first-order chi connectivity index (χ1) is 8.95. The Hall–Kier alpha value is -0.201. The molecule has 0 bridgehead atoms. The van der Waals surface area contributed by atoms with Gasteiger partial charge in [-0.15, -0.1) is 0 Å². The van der Waals surface area contributed by atoms with Gasteiger partial charge in [0.05, 0.1) is 11.0 Å². The molecule has 0 fully saturated rings. The number of aromatic nitrogens is 2. The molecule has 1 aromatic carbocycles. The van der Waals surface area contributed by atoms with Crippen LogP contribution in [0.5, 0.6) is 0 Å². The van der Waals surface area contributed by atoms with Gasteiger partial charge in [0.25, 0.3) is 0 Å². The molecule has 0 spiro atoms. The molecular formula is C14H14Br2N2Sn. The molecule has 0 saturated carbocycles. The molecule has 2 nitrogen and oxygen atoms in total. The molecular weight excluding hydrogens is 475 g/mol. The molecule has 0 N–H and O–H groups in total. The molecule has 0 aliphatic rings. The predicted octanol–water partition coefficient (Wildman–Crippen LogP) is 5.26. The fraction of sp³-hybridized carbons (Fsp3) is 0.143. The number of pyridine rings is 2. The molecule has 0 atom stereocenters. The maximum atomic E-state index is 4.35. The SMILES string of the molecule is [CH3][Sn]([CH3])([Br])[Br].c1cnc2c(c1)ccc1cccnc12. The normalized spacial score (nSPS) is 11.2. The molecule has 5 heteroatoms. The third kappa shape index (κ3) is 4.68. The number of nitrogens with zero attached hydrogens (tertiary/aromatic N) is 2. The first kappa shape index (κ1) is 15.2. The maximum absolute atomic E-state index is 4.35. The van der Waals surface area contributed by atoms with Gasteiger partial charge in [-0.1, -0.05) is 24.3 Å². The minimum absolute atomic E-state index is 0.977. The van der Waals surface area contributed by atoms with E-state index in [-0.39, 0.29) is 0 Å². The molecule has 19 heavy (non-hydrogen) atoms. The van der Waals surface area contributed by atoms with Gasteiger partial charge in [0.2, 0.25) is 0 Å². The van der Waals surface area contributed by atoms with Crippen LogP contribution in [0, 0.1) is 0 Å². The summed E-state index contributed by atoms with van der Waals surface area (Å²) in [6.45, 7) is 0. The van der Waals surface area contributed by atoms with Crippen molar-refractivity contribution in [1.29, 1.82) is 0 Å². The van der Waals surface area contributed by atoms with E-state index in [0.717, 1.165) is 21.8 Å². The van der Waals surface area contributed by atoms with Crippen LogP contribution in [0.2, 0.25) is 9.88 Å². The van der Waals surface area contributed by atoms with Crippen LogP contribution in [0.3, 0.4) is 0 Å². The van der Waals surface area contributed by atoms with Crippen LogP contribution in [0.15, 0.2) is 48.8 Å². The average Bonchev–Trinajstić information content (AvgIpc) is 2.37. The van der Waals surface area contributed by atoms with E-state index < -0.39 is 13.9 Å². The van der Waals surface area contributed by atoms with Gasteiger partial charge in [-0.2, -0.15) is 0 Å². The van der Waals surface area contributed by atoms with Crippen molar-refractivity contribution < 1.29 is 0 Å². The van der Waals surface area contributed by atoms with Gasteiger partial charge in [0, 0.05) is 23.2 Å². The summed E-state index contributed by atoms with van der Waals surface area (Å²) < 4.78 is 0. The summed E-state index contributed by atoms with van der Waals surface area (Å²) >= 11 is 5.45. The van der Waals surface area contributed by atoms with E-state index in [4.69, 9.17) is 0 Å². The van der Waals surface area contributed by atoms with Crippen LogP contribution >= 0.6 is 25.4 Å². The Labute approximate surface area is 129 Å². The number of hydrogen-bond donors (Lipinski definition) is 0. The average molecular weight is 489 g/mol. The summed E-state index contributed by atoms with van der Waals surface area (Å²) in [5.41, 5.74) is 1.95. The number of benzene rings is 1. The number of halogens is 2. The maximum Gasteiger partial charge on any atom is 0.0964 e. The van der Waals surface area contributed by atoms with Crippen LogP contribution in [-0.2, 0) is 0 Å². The molecule has 2 aromatic heterocycles. The van der Waals surface area contributed by atoms with E-state index in [9.17, 15) is 0 Å². The molecule has 0 aliphatic heterocycles. The molecule has 3 aromatic rings. The molecule has 3 rings (SSSR count). The van der Waals surface area contributed by atoms with Gasteiger partial charge in [-0.3, -0.25) is 9.97 Å². The molecule has 0 saturated heterocycles. The molecule has 0 unspecified atom stereocenters.